The molecule has 8 nitrogen and oxygen atoms in total. The van der Waals surface area contributed by atoms with Gasteiger partial charge in [0.1, 0.15) is 23.8 Å². The highest BCUT2D eigenvalue weighted by atomic mass is 15.3. The summed E-state index contributed by atoms with van der Waals surface area (Å²) in [6.07, 6.45) is 7.36. The SMILES string of the molecule is CCN1CCN(Cc2ccc(Nc3cc(-c4cc(C)c5nc(C)n(C6CCC6)c5c4)ncn3)nc2)CC1.[HH]. The number of likely N-dealkylation sites (N-methyl/N-ethyl adjacent to an activating group) is 1. The van der Waals surface area contributed by atoms with Gasteiger partial charge in [0.15, 0.2) is 0 Å². The molecule has 1 aliphatic heterocycles. The molecule has 1 aliphatic carbocycles. The molecule has 1 aromatic carbocycles. The summed E-state index contributed by atoms with van der Waals surface area (Å²) in [5.41, 5.74) is 6.69. The number of nitrogens with zero attached hydrogens (tertiary/aromatic N) is 7. The quantitative estimate of drug-likeness (QED) is 0.368. The van der Waals surface area contributed by atoms with Crippen LogP contribution < -0.4 is 5.32 Å². The average molecular weight is 499 g/mol. The second-order valence-electron chi connectivity index (χ2n) is 10.5. The molecule has 1 N–H and O–H groups in total. The Morgan fingerprint density at radius 1 is 0.946 bits per heavy atom. The normalized spacial score (nSPS) is 17.3. The lowest BCUT2D eigenvalue weighted by atomic mass is 9.92. The van der Waals surface area contributed by atoms with Crippen molar-refractivity contribution in [3.63, 3.8) is 0 Å². The lowest BCUT2D eigenvalue weighted by molar-refractivity contribution is 0.132. The van der Waals surface area contributed by atoms with E-state index in [4.69, 9.17) is 4.98 Å². The molecule has 8 heteroatoms. The molecule has 2 aliphatic rings. The molecule has 6 rings (SSSR count). The number of aryl methyl sites for hydroxylation is 2. The van der Waals surface area contributed by atoms with Gasteiger partial charge in [0.05, 0.1) is 16.7 Å². The van der Waals surface area contributed by atoms with Crippen molar-refractivity contribution in [1.82, 2.24) is 34.3 Å². The van der Waals surface area contributed by atoms with Crippen molar-refractivity contribution >= 4 is 22.7 Å². The summed E-state index contributed by atoms with van der Waals surface area (Å²) in [5.74, 6) is 2.62. The van der Waals surface area contributed by atoms with Gasteiger partial charge in [0, 0.05) is 58.0 Å². The van der Waals surface area contributed by atoms with Crippen LogP contribution in [0.2, 0.25) is 0 Å². The number of imidazole rings is 1. The minimum atomic E-state index is 0. The van der Waals surface area contributed by atoms with E-state index >= 15 is 0 Å². The highest BCUT2D eigenvalue weighted by molar-refractivity contribution is 5.85. The maximum Gasteiger partial charge on any atom is 0.135 e. The Balaban J connectivity index is 0.00000294. The molecule has 4 aromatic rings. The summed E-state index contributed by atoms with van der Waals surface area (Å²) in [6, 6.07) is 11.2. The van der Waals surface area contributed by atoms with Crippen LogP contribution in [0, 0.1) is 13.8 Å². The minimum absolute atomic E-state index is 0. The van der Waals surface area contributed by atoms with Gasteiger partial charge in [-0.05, 0) is 69.0 Å². The standard InChI is InChI=1S/C29H36N8.H2/c1-4-35-10-12-36(13-11-35)18-22-8-9-27(30-17-22)34-28-16-25(31-19-32-28)23-14-20(2)29-26(15-23)37(21(3)33-29)24-6-5-7-24;/h8-9,14-17,19,24H,4-7,10-13,18H2,1-3H3,(H,30,31,32,34);1H. The van der Waals surface area contributed by atoms with Crippen molar-refractivity contribution in [3.8, 4) is 11.3 Å². The first-order chi connectivity index (χ1) is 18.1. The summed E-state index contributed by atoms with van der Waals surface area (Å²) in [5, 5.41) is 3.36. The first-order valence-electron chi connectivity index (χ1n) is 13.6. The van der Waals surface area contributed by atoms with E-state index in [0.717, 1.165) is 73.5 Å². The zero-order valence-corrected chi connectivity index (χ0v) is 22.1. The van der Waals surface area contributed by atoms with Crippen LogP contribution in [0.1, 0.15) is 50.6 Å². The van der Waals surface area contributed by atoms with Gasteiger partial charge in [-0.15, -0.1) is 0 Å². The van der Waals surface area contributed by atoms with E-state index in [2.05, 4.69) is 73.6 Å². The second-order valence-corrected chi connectivity index (χ2v) is 10.5. The smallest absolute Gasteiger partial charge is 0.135 e. The zero-order valence-electron chi connectivity index (χ0n) is 22.1. The predicted octanol–water partition coefficient (Wildman–Crippen LogP) is 5.36. The number of nitrogens with one attached hydrogen (secondary N) is 1. The van der Waals surface area contributed by atoms with Crippen molar-refractivity contribution in [2.75, 3.05) is 38.0 Å². The third-order valence-corrected chi connectivity index (χ3v) is 7.96. The number of benzene rings is 1. The number of pyridine rings is 1. The van der Waals surface area contributed by atoms with Crippen LogP contribution >= 0.6 is 0 Å². The van der Waals surface area contributed by atoms with E-state index in [1.165, 1.54) is 35.9 Å². The lowest BCUT2D eigenvalue weighted by Gasteiger charge is -2.33. The largest absolute Gasteiger partial charge is 0.325 e. The Morgan fingerprint density at radius 2 is 1.76 bits per heavy atom. The van der Waals surface area contributed by atoms with Gasteiger partial charge in [-0.2, -0.15) is 0 Å². The number of hydrogen-bond acceptors (Lipinski definition) is 7. The monoisotopic (exact) mass is 498 g/mol. The van der Waals surface area contributed by atoms with Crippen molar-refractivity contribution in [2.24, 2.45) is 0 Å². The van der Waals surface area contributed by atoms with Gasteiger partial charge in [-0.25, -0.2) is 19.9 Å². The fourth-order valence-corrected chi connectivity index (χ4v) is 5.56. The molecule has 1 saturated heterocycles. The molecule has 0 spiro atoms. The number of hydrogen-bond donors (Lipinski definition) is 1. The molecule has 0 amide bonds. The van der Waals surface area contributed by atoms with Crippen molar-refractivity contribution in [3.05, 3.63) is 59.8 Å². The number of fused-ring (bicyclic) bond motifs is 1. The average Bonchev–Trinajstić information content (AvgIpc) is 3.21. The molecule has 0 unspecified atom stereocenters. The van der Waals surface area contributed by atoms with Gasteiger partial charge in [-0.3, -0.25) is 4.90 Å². The summed E-state index contributed by atoms with van der Waals surface area (Å²) in [7, 11) is 0. The Bertz CT molecular complexity index is 1390. The Labute approximate surface area is 220 Å². The van der Waals surface area contributed by atoms with Crippen LogP contribution in [0.15, 0.2) is 42.9 Å². The third kappa shape index (κ3) is 4.95. The van der Waals surface area contributed by atoms with Crippen LogP contribution in [0.5, 0.6) is 0 Å². The van der Waals surface area contributed by atoms with Crippen LogP contribution in [0.4, 0.5) is 11.6 Å². The summed E-state index contributed by atoms with van der Waals surface area (Å²) < 4.78 is 2.42. The van der Waals surface area contributed by atoms with E-state index in [1.807, 2.05) is 18.3 Å². The molecule has 194 valence electrons. The van der Waals surface area contributed by atoms with Gasteiger partial charge in [0.2, 0.25) is 0 Å². The van der Waals surface area contributed by atoms with Gasteiger partial charge in [-0.1, -0.05) is 13.0 Å². The number of anilines is 2. The summed E-state index contributed by atoms with van der Waals surface area (Å²) in [6.45, 7) is 13.1. The van der Waals surface area contributed by atoms with E-state index in [-0.39, 0.29) is 1.43 Å². The first kappa shape index (κ1) is 24.0. The fraction of sp³-hybridized carbons (Fsp3) is 0.448. The number of piperazine rings is 1. The zero-order chi connectivity index (χ0) is 25.4. The minimum Gasteiger partial charge on any atom is -0.325 e. The first-order valence-corrected chi connectivity index (χ1v) is 13.6. The van der Waals surface area contributed by atoms with Crippen molar-refractivity contribution in [2.45, 2.75) is 52.6 Å². The fourth-order valence-electron chi connectivity index (χ4n) is 5.56. The van der Waals surface area contributed by atoms with E-state index in [0.29, 0.717) is 6.04 Å². The van der Waals surface area contributed by atoms with E-state index in [1.54, 1.807) is 6.33 Å². The molecule has 0 bridgehead atoms. The molecule has 3 aromatic heterocycles. The molecule has 4 heterocycles. The molecule has 0 radical (unpaired) electrons. The highest BCUT2D eigenvalue weighted by Crippen LogP contribution is 2.37. The van der Waals surface area contributed by atoms with Crippen LogP contribution in [0.25, 0.3) is 22.3 Å². The second kappa shape index (κ2) is 10.2. The highest BCUT2D eigenvalue weighted by Gasteiger charge is 2.24. The molecule has 0 atom stereocenters. The van der Waals surface area contributed by atoms with E-state index < -0.39 is 0 Å². The van der Waals surface area contributed by atoms with E-state index in [9.17, 15) is 0 Å². The molecule has 2 fully saturated rings. The maximum absolute atomic E-state index is 4.88. The summed E-state index contributed by atoms with van der Waals surface area (Å²) in [4.78, 5) is 23.6. The van der Waals surface area contributed by atoms with Crippen LogP contribution in [-0.4, -0.2) is 67.0 Å². The summed E-state index contributed by atoms with van der Waals surface area (Å²) >= 11 is 0. The van der Waals surface area contributed by atoms with Gasteiger partial charge in [0.25, 0.3) is 0 Å². The number of aromatic nitrogens is 5. The molecular formula is C29H38N8. The van der Waals surface area contributed by atoms with Crippen LogP contribution in [0.3, 0.4) is 0 Å². The Kier molecular flexibility index (Phi) is 6.61. The predicted molar refractivity (Wildman–Crippen MR) is 150 cm³/mol. The lowest BCUT2D eigenvalue weighted by Crippen LogP contribution is -2.45. The third-order valence-electron chi connectivity index (χ3n) is 7.96. The van der Waals surface area contributed by atoms with Crippen molar-refractivity contribution in [1.29, 1.82) is 0 Å². The van der Waals surface area contributed by atoms with Gasteiger partial charge >= 0.3 is 0 Å². The Hall–Kier alpha value is -3.36. The number of rotatable bonds is 7. The molecular weight excluding hydrogens is 460 g/mol. The van der Waals surface area contributed by atoms with Crippen LogP contribution in [-0.2, 0) is 6.54 Å². The molecule has 37 heavy (non-hydrogen) atoms. The topological polar surface area (TPSA) is 75.0 Å². The molecule has 1 saturated carbocycles. The maximum atomic E-state index is 4.88. The van der Waals surface area contributed by atoms with Crippen molar-refractivity contribution < 1.29 is 1.43 Å². The van der Waals surface area contributed by atoms with Gasteiger partial charge < -0.3 is 14.8 Å². The Morgan fingerprint density at radius 3 is 2.46 bits per heavy atom.